The minimum Gasteiger partial charge on any atom is -0.369 e. The molecule has 0 aliphatic carbocycles. The molecule has 2 rings (SSSR count). The van der Waals surface area contributed by atoms with Crippen LogP contribution < -0.4 is 10.2 Å². The van der Waals surface area contributed by atoms with Crippen LogP contribution in [0.25, 0.3) is 0 Å². The quantitative estimate of drug-likeness (QED) is 0.844. The third-order valence-corrected chi connectivity index (χ3v) is 3.67. The zero-order valence-corrected chi connectivity index (χ0v) is 10.5. The van der Waals surface area contributed by atoms with Crippen LogP contribution in [0.1, 0.15) is 25.3 Å². The van der Waals surface area contributed by atoms with Crippen LogP contribution in [-0.2, 0) is 0 Å². The van der Waals surface area contributed by atoms with Crippen LogP contribution >= 0.6 is 0 Å². The van der Waals surface area contributed by atoms with E-state index < -0.39 is 0 Å². The Balaban J connectivity index is 2.26. The van der Waals surface area contributed by atoms with Crippen LogP contribution in [0.4, 0.5) is 5.69 Å². The third-order valence-electron chi connectivity index (χ3n) is 3.67. The standard InChI is InChI=1S/C14H19N3/c1-14(16-2)8-5-9-17(11-14)13-7-4-3-6-12(13)10-15/h3-4,6-7,16H,5,8-9,11H2,1-2H3. The van der Waals surface area contributed by atoms with E-state index in [-0.39, 0.29) is 5.54 Å². The molecule has 1 heterocycles. The van der Waals surface area contributed by atoms with Gasteiger partial charge in [-0.1, -0.05) is 12.1 Å². The molecule has 1 aliphatic heterocycles. The van der Waals surface area contributed by atoms with Crippen molar-refractivity contribution in [3.05, 3.63) is 29.8 Å². The molecule has 0 saturated carbocycles. The summed E-state index contributed by atoms with van der Waals surface area (Å²) in [6, 6.07) is 10.1. The molecule has 3 nitrogen and oxygen atoms in total. The first kappa shape index (κ1) is 11.9. The van der Waals surface area contributed by atoms with E-state index in [1.165, 1.54) is 6.42 Å². The summed E-state index contributed by atoms with van der Waals surface area (Å²) in [5, 5.41) is 12.5. The second-order valence-electron chi connectivity index (χ2n) is 4.96. The van der Waals surface area contributed by atoms with E-state index in [1.54, 1.807) is 0 Å². The monoisotopic (exact) mass is 229 g/mol. The second kappa shape index (κ2) is 4.77. The van der Waals surface area contributed by atoms with Gasteiger partial charge >= 0.3 is 0 Å². The smallest absolute Gasteiger partial charge is 0.101 e. The highest BCUT2D eigenvalue weighted by Gasteiger charge is 2.30. The van der Waals surface area contributed by atoms with Crippen molar-refractivity contribution in [1.29, 1.82) is 5.26 Å². The van der Waals surface area contributed by atoms with E-state index >= 15 is 0 Å². The molecule has 1 N–H and O–H groups in total. The topological polar surface area (TPSA) is 39.1 Å². The van der Waals surface area contributed by atoms with E-state index in [2.05, 4.69) is 23.2 Å². The molecule has 1 aromatic rings. The highest BCUT2D eigenvalue weighted by atomic mass is 15.2. The van der Waals surface area contributed by atoms with Gasteiger partial charge in [0.15, 0.2) is 0 Å². The van der Waals surface area contributed by atoms with Gasteiger partial charge in [0.25, 0.3) is 0 Å². The predicted molar refractivity (Wildman–Crippen MR) is 70.1 cm³/mol. The lowest BCUT2D eigenvalue weighted by atomic mass is 9.90. The largest absolute Gasteiger partial charge is 0.369 e. The number of anilines is 1. The number of para-hydroxylation sites is 1. The van der Waals surface area contributed by atoms with Crippen LogP contribution in [-0.4, -0.2) is 25.7 Å². The lowest BCUT2D eigenvalue weighted by Crippen LogP contribution is -2.54. The molecule has 0 spiro atoms. The van der Waals surface area contributed by atoms with Gasteiger partial charge in [0, 0.05) is 18.6 Å². The van der Waals surface area contributed by atoms with E-state index in [0.717, 1.165) is 30.8 Å². The van der Waals surface area contributed by atoms with Gasteiger partial charge in [0.2, 0.25) is 0 Å². The van der Waals surface area contributed by atoms with Crippen molar-refractivity contribution in [3.8, 4) is 6.07 Å². The van der Waals surface area contributed by atoms with Gasteiger partial charge in [-0.05, 0) is 38.9 Å². The lowest BCUT2D eigenvalue weighted by molar-refractivity contribution is 0.316. The summed E-state index contributed by atoms with van der Waals surface area (Å²) in [7, 11) is 2.01. The molecule has 1 unspecified atom stereocenters. The molecule has 0 bridgehead atoms. The zero-order chi connectivity index (χ0) is 12.3. The van der Waals surface area contributed by atoms with Gasteiger partial charge in [-0.25, -0.2) is 0 Å². The van der Waals surface area contributed by atoms with Crippen molar-refractivity contribution in [2.24, 2.45) is 0 Å². The third kappa shape index (κ3) is 2.42. The lowest BCUT2D eigenvalue weighted by Gasteiger charge is -2.41. The van der Waals surface area contributed by atoms with E-state index in [1.807, 2.05) is 31.3 Å². The van der Waals surface area contributed by atoms with Gasteiger partial charge in [0.05, 0.1) is 11.3 Å². The highest BCUT2D eigenvalue weighted by molar-refractivity contribution is 5.59. The second-order valence-corrected chi connectivity index (χ2v) is 4.96. The summed E-state index contributed by atoms with van der Waals surface area (Å²) in [4.78, 5) is 2.32. The summed E-state index contributed by atoms with van der Waals surface area (Å²) in [6.07, 6.45) is 2.35. The minimum atomic E-state index is 0.154. The summed E-state index contributed by atoms with van der Waals surface area (Å²) >= 11 is 0. The molecular formula is C14H19N3. The first-order valence-corrected chi connectivity index (χ1v) is 6.11. The van der Waals surface area contributed by atoms with Gasteiger partial charge in [-0.3, -0.25) is 0 Å². The van der Waals surface area contributed by atoms with Gasteiger partial charge < -0.3 is 10.2 Å². The maximum absolute atomic E-state index is 9.14. The molecule has 1 aromatic carbocycles. The first-order chi connectivity index (χ1) is 8.18. The van der Waals surface area contributed by atoms with Crippen LogP contribution in [0.3, 0.4) is 0 Å². The Morgan fingerprint density at radius 1 is 1.41 bits per heavy atom. The van der Waals surface area contributed by atoms with Crippen LogP contribution in [0, 0.1) is 11.3 Å². The molecule has 90 valence electrons. The number of piperidine rings is 1. The Morgan fingerprint density at radius 2 is 2.18 bits per heavy atom. The molecule has 1 saturated heterocycles. The van der Waals surface area contributed by atoms with Crippen molar-refractivity contribution in [3.63, 3.8) is 0 Å². The fourth-order valence-electron chi connectivity index (χ4n) is 2.49. The summed E-state index contributed by atoms with van der Waals surface area (Å²) < 4.78 is 0. The molecule has 0 aromatic heterocycles. The highest BCUT2D eigenvalue weighted by Crippen LogP contribution is 2.27. The number of rotatable bonds is 2. The van der Waals surface area contributed by atoms with Crippen molar-refractivity contribution in [2.45, 2.75) is 25.3 Å². The van der Waals surface area contributed by atoms with Crippen molar-refractivity contribution >= 4 is 5.69 Å². The predicted octanol–water partition coefficient (Wildman–Crippen LogP) is 2.14. The van der Waals surface area contributed by atoms with Crippen LogP contribution in [0.15, 0.2) is 24.3 Å². The molecule has 3 heteroatoms. The minimum absolute atomic E-state index is 0.154. The SMILES string of the molecule is CNC1(C)CCCN(c2ccccc2C#N)C1. The fraction of sp³-hybridized carbons (Fsp3) is 0.500. The number of hydrogen-bond acceptors (Lipinski definition) is 3. The van der Waals surface area contributed by atoms with E-state index in [4.69, 9.17) is 5.26 Å². The average molecular weight is 229 g/mol. The van der Waals surface area contributed by atoms with E-state index in [0.29, 0.717) is 0 Å². The van der Waals surface area contributed by atoms with Gasteiger partial charge in [0.1, 0.15) is 6.07 Å². The number of nitrogens with zero attached hydrogens (tertiary/aromatic N) is 2. The molecule has 0 amide bonds. The summed E-state index contributed by atoms with van der Waals surface area (Å²) in [5.41, 5.74) is 1.99. The Kier molecular flexibility index (Phi) is 3.35. The molecular weight excluding hydrogens is 210 g/mol. The van der Waals surface area contributed by atoms with Crippen LogP contribution in [0.2, 0.25) is 0 Å². The molecule has 1 fully saturated rings. The maximum atomic E-state index is 9.14. The fourth-order valence-corrected chi connectivity index (χ4v) is 2.49. The van der Waals surface area contributed by atoms with E-state index in [9.17, 15) is 0 Å². The van der Waals surface area contributed by atoms with Gasteiger partial charge in [-0.2, -0.15) is 5.26 Å². The zero-order valence-electron chi connectivity index (χ0n) is 10.5. The van der Waals surface area contributed by atoms with Crippen molar-refractivity contribution < 1.29 is 0 Å². The Labute approximate surface area is 103 Å². The normalized spacial score (nSPS) is 24.4. The number of likely N-dealkylation sites (N-methyl/N-ethyl adjacent to an activating group) is 1. The molecule has 0 radical (unpaired) electrons. The Hall–Kier alpha value is -1.53. The van der Waals surface area contributed by atoms with Crippen LogP contribution in [0.5, 0.6) is 0 Å². The van der Waals surface area contributed by atoms with Crippen molar-refractivity contribution in [1.82, 2.24) is 5.32 Å². The number of nitrogens with one attached hydrogen (secondary N) is 1. The maximum Gasteiger partial charge on any atom is 0.101 e. The average Bonchev–Trinajstić information content (AvgIpc) is 2.39. The van der Waals surface area contributed by atoms with Crippen molar-refractivity contribution in [2.75, 3.05) is 25.0 Å². The molecule has 17 heavy (non-hydrogen) atoms. The Bertz CT molecular complexity index is 435. The number of benzene rings is 1. The number of hydrogen-bond donors (Lipinski definition) is 1. The number of nitriles is 1. The Morgan fingerprint density at radius 3 is 2.88 bits per heavy atom. The molecule has 1 atom stereocenters. The summed E-state index contributed by atoms with van der Waals surface area (Å²) in [6.45, 7) is 4.24. The first-order valence-electron chi connectivity index (χ1n) is 6.11. The molecule has 1 aliphatic rings. The van der Waals surface area contributed by atoms with Gasteiger partial charge in [-0.15, -0.1) is 0 Å². The summed E-state index contributed by atoms with van der Waals surface area (Å²) in [5.74, 6) is 0.